The number of halogens is 1. The van der Waals surface area contributed by atoms with Crippen molar-refractivity contribution in [2.45, 2.75) is 5.92 Å². The molecule has 124 valence electrons. The fraction of sp³-hybridized carbons (Fsp3) is 0.111. The van der Waals surface area contributed by atoms with Gasteiger partial charge in [0.05, 0.1) is 23.8 Å². The monoisotopic (exact) mass is 351 g/mol. The largest absolute Gasteiger partial charge is 0.309 e. The minimum absolute atomic E-state index is 0.151. The van der Waals surface area contributed by atoms with Crippen LogP contribution in [-0.2, 0) is 4.79 Å². The van der Waals surface area contributed by atoms with E-state index in [2.05, 4.69) is 21.1 Å². The third-order valence-electron chi connectivity index (χ3n) is 3.75. The summed E-state index contributed by atoms with van der Waals surface area (Å²) in [6.45, 7) is 0.545. The second-order valence-corrected chi connectivity index (χ2v) is 5.83. The highest BCUT2D eigenvalue weighted by Crippen LogP contribution is 2.22. The number of nitrogens with one attached hydrogen (secondary N) is 2. The van der Waals surface area contributed by atoms with Gasteiger partial charge in [-0.05, 0) is 35.4 Å². The molecule has 0 radical (unpaired) electrons. The molecule has 0 saturated carbocycles. The lowest BCUT2D eigenvalue weighted by molar-refractivity contribution is -0.114. The maximum atomic E-state index is 12.3. The molecular formula is C18H14ClN5O. The molecule has 1 aliphatic rings. The van der Waals surface area contributed by atoms with Gasteiger partial charge in [0.1, 0.15) is 5.71 Å². The Morgan fingerprint density at radius 2 is 2.00 bits per heavy atom. The van der Waals surface area contributed by atoms with Gasteiger partial charge in [0.25, 0.3) is 5.91 Å². The molecule has 0 aromatic heterocycles. The van der Waals surface area contributed by atoms with Gasteiger partial charge in [-0.15, -0.1) is 0 Å². The number of nitriles is 1. The summed E-state index contributed by atoms with van der Waals surface area (Å²) in [6.07, 6.45) is 1.51. The van der Waals surface area contributed by atoms with Crippen LogP contribution in [0.15, 0.2) is 58.7 Å². The van der Waals surface area contributed by atoms with E-state index in [0.717, 1.165) is 11.1 Å². The first-order valence-electron chi connectivity index (χ1n) is 7.57. The maximum absolute atomic E-state index is 12.3. The Balaban J connectivity index is 1.64. The van der Waals surface area contributed by atoms with Gasteiger partial charge in [-0.1, -0.05) is 35.9 Å². The van der Waals surface area contributed by atoms with Crippen molar-refractivity contribution in [2.75, 3.05) is 6.54 Å². The van der Waals surface area contributed by atoms with Crippen LogP contribution in [0.5, 0.6) is 0 Å². The molecule has 6 nitrogen and oxygen atoms in total. The average molecular weight is 352 g/mol. The molecule has 25 heavy (non-hydrogen) atoms. The summed E-state index contributed by atoms with van der Waals surface area (Å²) in [5, 5.41) is 17.4. The molecule has 1 amide bonds. The van der Waals surface area contributed by atoms with Crippen molar-refractivity contribution in [3.05, 3.63) is 70.2 Å². The number of benzene rings is 2. The van der Waals surface area contributed by atoms with Gasteiger partial charge < -0.3 is 5.43 Å². The van der Waals surface area contributed by atoms with Gasteiger partial charge in [-0.3, -0.25) is 4.79 Å². The molecule has 2 aromatic rings. The number of rotatable bonds is 4. The first kappa shape index (κ1) is 16.7. The van der Waals surface area contributed by atoms with Crippen molar-refractivity contribution in [1.82, 2.24) is 10.9 Å². The fourth-order valence-corrected chi connectivity index (χ4v) is 2.57. The van der Waals surface area contributed by atoms with E-state index >= 15 is 0 Å². The summed E-state index contributed by atoms with van der Waals surface area (Å²) in [6, 6.07) is 16.2. The first-order valence-corrected chi connectivity index (χ1v) is 7.94. The molecule has 2 aromatic carbocycles. The molecule has 0 spiro atoms. The number of hydrogen-bond donors (Lipinski definition) is 2. The van der Waals surface area contributed by atoms with Crippen LogP contribution in [-0.4, -0.2) is 24.4 Å². The standard InChI is InChI=1S/C18H14ClN5O/c19-15-7-5-14(6-8-15)16-11-22-23-17(16)18(25)24-21-10-13-3-1-12(9-20)2-4-13/h1-8,10,16,22H,11H2,(H,24,25)/b21-10+. The number of nitrogens with zero attached hydrogens (tertiary/aromatic N) is 3. The zero-order valence-corrected chi connectivity index (χ0v) is 13.9. The zero-order chi connectivity index (χ0) is 17.6. The van der Waals surface area contributed by atoms with Crippen LogP contribution in [0.25, 0.3) is 0 Å². The number of hydrogen-bond acceptors (Lipinski definition) is 5. The Kier molecular flexibility index (Phi) is 5.07. The van der Waals surface area contributed by atoms with Crippen molar-refractivity contribution < 1.29 is 4.79 Å². The summed E-state index contributed by atoms with van der Waals surface area (Å²) in [7, 11) is 0. The van der Waals surface area contributed by atoms with Crippen LogP contribution in [0, 0.1) is 11.3 Å². The van der Waals surface area contributed by atoms with E-state index < -0.39 is 0 Å². The lowest BCUT2D eigenvalue weighted by atomic mass is 9.94. The van der Waals surface area contributed by atoms with Crippen molar-refractivity contribution in [3.63, 3.8) is 0 Å². The van der Waals surface area contributed by atoms with Crippen LogP contribution >= 0.6 is 11.6 Å². The van der Waals surface area contributed by atoms with E-state index in [9.17, 15) is 4.79 Å². The Labute approximate surface area is 149 Å². The third-order valence-corrected chi connectivity index (χ3v) is 4.00. The molecule has 0 saturated heterocycles. The maximum Gasteiger partial charge on any atom is 0.288 e. The van der Waals surface area contributed by atoms with Crippen molar-refractivity contribution in [1.29, 1.82) is 5.26 Å². The molecule has 1 unspecified atom stereocenters. The van der Waals surface area contributed by atoms with Gasteiger partial charge in [0, 0.05) is 11.6 Å². The van der Waals surface area contributed by atoms with Crippen LogP contribution in [0.4, 0.5) is 0 Å². The summed E-state index contributed by atoms with van der Waals surface area (Å²) in [5.74, 6) is -0.516. The van der Waals surface area contributed by atoms with E-state index in [1.54, 1.807) is 36.4 Å². The van der Waals surface area contributed by atoms with Crippen molar-refractivity contribution in [2.24, 2.45) is 10.2 Å². The SMILES string of the molecule is N#Cc1ccc(/C=N/NC(=O)C2=NNCC2c2ccc(Cl)cc2)cc1. The molecule has 0 bridgehead atoms. The number of carbonyl (C=O) groups excluding carboxylic acids is 1. The lowest BCUT2D eigenvalue weighted by Crippen LogP contribution is -2.30. The molecular weight excluding hydrogens is 338 g/mol. The molecule has 1 atom stereocenters. The third kappa shape index (κ3) is 4.03. The van der Waals surface area contributed by atoms with Gasteiger partial charge >= 0.3 is 0 Å². The Hall–Kier alpha value is -3.17. The van der Waals surface area contributed by atoms with Gasteiger partial charge in [0.2, 0.25) is 0 Å². The summed E-state index contributed by atoms with van der Waals surface area (Å²) < 4.78 is 0. The van der Waals surface area contributed by atoms with Crippen molar-refractivity contribution >= 4 is 29.4 Å². The Bertz CT molecular complexity index is 866. The molecule has 0 fully saturated rings. The lowest BCUT2D eigenvalue weighted by Gasteiger charge is -2.11. The minimum Gasteiger partial charge on any atom is -0.309 e. The fourth-order valence-electron chi connectivity index (χ4n) is 2.44. The van der Waals surface area contributed by atoms with Gasteiger partial charge in [0.15, 0.2) is 0 Å². The predicted molar refractivity (Wildman–Crippen MR) is 96.5 cm³/mol. The van der Waals surface area contributed by atoms with E-state index in [-0.39, 0.29) is 11.8 Å². The van der Waals surface area contributed by atoms with Gasteiger partial charge in [-0.2, -0.15) is 15.5 Å². The summed E-state index contributed by atoms with van der Waals surface area (Å²) >= 11 is 5.90. The highest BCUT2D eigenvalue weighted by Gasteiger charge is 2.28. The average Bonchev–Trinajstić information content (AvgIpc) is 3.13. The molecule has 1 heterocycles. The minimum atomic E-state index is -0.366. The second kappa shape index (κ2) is 7.60. The van der Waals surface area contributed by atoms with Crippen LogP contribution in [0.2, 0.25) is 5.02 Å². The van der Waals surface area contributed by atoms with Gasteiger partial charge in [-0.25, -0.2) is 5.43 Å². The topological polar surface area (TPSA) is 89.6 Å². The van der Waals surface area contributed by atoms with E-state index in [1.807, 2.05) is 18.2 Å². The number of hydrazone groups is 2. The molecule has 7 heteroatoms. The molecule has 1 aliphatic heterocycles. The summed E-state index contributed by atoms with van der Waals surface area (Å²) in [4.78, 5) is 12.3. The quantitative estimate of drug-likeness (QED) is 0.654. The first-order chi connectivity index (χ1) is 12.2. The van der Waals surface area contributed by atoms with Crippen LogP contribution < -0.4 is 10.9 Å². The van der Waals surface area contributed by atoms with E-state index in [4.69, 9.17) is 16.9 Å². The molecule has 3 rings (SSSR count). The highest BCUT2D eigenvalue weighted by atomic mass is 35.5. The highest BCUT2D eigenvalue weighted by molar-refractivity contribution is 6.41. The van der Waals surface area contributed by atoms with Crippen molar-refractivity contribution in [3.8, 4) is 6.07 Å². The summed E-state index contributed by atoms with van der Waals surface area (Å²) in [5.41, 5.74) is 8.01. The normalized spacial score (nSPS) is 16.2. The Morgan fingerprint density at radius 3 is 2.68 bits per heavy atom. The van der Waals surface area contributed by atoms with Crippen LogP contribution in [0.3, 0.4) is 0 Å². The second-order valence-electron chi connectivity index (χ2n) is 5.40. The molecule has 2 N–H and O–H groups in total. The van der Waals surface area contributed by atoms with E-state index in [1.165, 1.54) is 6.21 Å². The zero-order valence-electron chi connectivity index (χ0n) is 13.1. The van der Waals surface area contributed by atoms with Crippen LogP contribution in [0.1, 0.15) is 22.6 Å². The Morgan fingerprint density at radius 1 is 1.28 bits per heavy atom. The predicted octanol–water partition coefficient (Wildman–Crippen LogP) is 2.40. The number of carbonyl (C=O) groups is 1. The van der Waals surface area contributed by atoms with E-state index in [0.29, 0.717) is 22.8 Å². The smallest absolute Gasteiger partial charge is 0.288 e. The number of amides is 1. The molecule has 0 aliphatic carbocycles.